The van der Waals surface area contributed by atoms with Gasteiger partial charge in [0.1, 0.15) is 5.65 Å². The number of aryl methyl sites for hydroxylation is 1. The van der Waals surface area contributed by atoms with Crippen molar-refractivity contribution in [1.82, 2.24) is 9.38 Å². The van der Waals surface area contributed by atoms with Crippen LogP contribution in [0, 0.1) is 6.92 Å². The van der Waals surface area contributed by atoms with E-state index in [0.29, 0.717) is 0 Å². The number of benzene rings is 1. The largest absolute Gasteiger partial charge is 0.299 e. The number of pyridine rings is 1. The van der Waals surface area contributed by atoms with E-state index in [2.05, 4.69) is 9.38 Å². The van der Waals surface area contributed by atoms with Crippen LogP contribution in [0.1, 0.15) is 5.69 Å². The molecule has 0 atom stereocenters. The lowest BCUT2D eigenvalue weighted by Gasteiger charge is -2.03. The van der Waals surface area contributed by atoms with Gasteiger partial charge in [-0.15, -0.1) is 0 Å². The third kappa shape index (κ3) is 1.71. The van der Waals surface area contributed by atoms with Gasteiger partial charge in [-0.3, -0.25) is 4.40 Å². The maximum absolute atomic E-state index is 5.91. The molecule has 0 saturated heterocycles. The highest BCUT2D eigenvalue weighted by Crippen LogP contribution is 2.25. The van der Waals surface area contributed by atoms with E-state index in [9.17, 15) is 0 Å². The van der Waals surface area contributed by atoms with Crippen molar-refractivity contribution in [2.24, 2.45) is 0 Å². The predicted octanol–water partition coefficient (Wildman–Crippen LogP) is 3.96. The molecular formula is C14H11ClN2. The summed E-state index contributed by atoms with van der Waals surface area (Å²) < 4.78 is 2.10. The topological polar surface area (TPSA) is 17.3 Å². The minimum atomic E-state index is 0.750. The van der Waals surface area contributed by atoms with E-state index in [1.165, 1.54) is 0 Å². The molecule has 0 amide bonds. The summed E-state index contributed by atoms with van der Waals surface area (Å²) in [5.41, 5.74) is 4.25. The molecule has 2 aromatic heterocycles. The van der Waals surface area contributed by atoms with Crippen molar-refractivity contribution in [3.8, 4) is 11.3 Å². The van der Waals surface area contributed by atoms with Gasteiger partial charge in [0.25, 0.3) is 0 Å². The summed E-state index contributed by atoms with van der Waals surface area (Å²) in [6, 6.07) is 13.8. The lowest BCUT2D eigenvalue weighted by atomic mass is 10.1. The van der Waals surface area contributed by atoms with Crippen molar-refractivity contribution in [3.63, 3.8) is 0 Å². The minimum Gasteiger partial charge on any atom is -0.299 e. The van der Waals surface area contributed by atoms with E-state index in [-0.39, 0.29) is 0 Å². The first-order chi connectivity index (χ1) is 8.25. The van der Waals surface area contributed by atoms with Crippen LogP contribution in [-0.2, 0) is 0 Å². The fraction of sp³-hybridized carbons (Fsp3) is 0.0714. The first kappa shape index (κ1) is 10.4. The van der Waals surface area contributed by atoms with Crippen LogP contribution in [0.15, 0.2) is 48.7 Å². The zero-order valence-corrected chi connectivity index (χ0v) is 10.1. The van der Waals surface area contributed by atoms with Crippen LogP contribution in [0.3, 0.4) is 0 Å². The summed E-state index contributed by atoms with van der Waals surface area (Å²) >= 11 is 5.91. The van der Waals surface area contributed by atoms with Crippen LogP contribution in [0.2, 0.25) is 5.02 Å². The van der Waals surface area contributed by atoms with Crippen LogP contribution >= 0.6 is 11.6 Å². The molecule has 0 saturated carbocycles. The molecule has 0 spiro atoms. The molecule has 3 rings (SSSR count). The highest BCUT2D eigenvalue weighted by atomic mass is 35.5. The second-order valence-corrected chi connectivity index (χ2v) is 4.42. The highest BCUT2D eigenvalue weighted by Gasteiger charge is 2.09. The highest BCUT2D eigenvalue weighted by molar-refractivity contribution is 6.30. The molecule has 1 aromatic carbocycles. The van der Waals surface area contributed by atoms with E-state index in [0.717, 1.165) is 27.6 Å². The van der Waals surface area contributed by atoms with Crippen LogP contribution in [0.4, 0.5) is 0 Å². The molecule has 0 unspecified atom stereocenters. The average molecular weight is 243 g/mol. The molecule has 0 aliphatic rings. The number of hydrogen-bond acceptors (Lipinski definition) is 1. The second-order valence-electron chi connectivity index (χ2n) is 3.98. The predicted molar refractivity (Wildman–Crippen MR) is 70.4 cm³/mol. The molecule has 0 bridgehead atoms. The van der Waals surface area contributed by atoms with Gasteiger partial charge in [0.05, 0.1) is 11.4 Å². The van der Waals surface area contributed by atoms with E-state index < -0.39 is 0 Å². The molecule has 17 heavy (non-hydrogen) atoms. The Morgan fingerprint density at radius 2 is 1.82 bits per heavy atom. The molecule has 0 aliphatic carbocycles. The molecule has 0 aliphatic heterocycles. The maximum Gasteiger partial charge on any atom is 0.137 e. The normalized spacial score (nSPS) is 10.9. The fourth-order valence-electron chi connectivity index (χ4n) is 2.07. The number of imidazole rings is 1. The van der Waals surface area contributed by atoms with Crippen LogP contribution in [-0.4, -0.2) is 9.38 Å². The number of halogens is 1. The number of fused-ring (bicyclic) bond motifs is 1. The lowest BCUT2D eigenvalue weighted by molar-refractivity contribution is 1.19. The number of hydrogen-bond donors (Lipinski definition) is 0. The molecule has 0 radical (unpaired) electrons. The van der Waals surface area contributed by atoms with Gasteiger partial charge in [-0.1, -0.05) is 29.8 Å². The monoisotopic (exact) mass is 242 g/mol. The van der Waals surface area contributed by atoms with E-state index in [4.69, 9.17) is 11.6 Å². The molecule has 2 heterocycles. The van der Waals surface area contributed by atoms with Gasteiger partial charge in [0, 0.05) is 16.8 Å². The minimum absolute atomic E-state index is 0.750. The second kappa shape index (κ2) is 3.90. The van der Waals surface area contributed by atoms with Gasteiger partial charge in [-0.05, 0) is 31.2 Å². The molecule has 0 N–H and O–H groups in total. The summed E-state index contributed by atoms with van der Waals surface area (Å²) in [7, 11) is 0. The average Bonchev–Trinajstić information content (AvgIpc) is 2.66. The Balaban J connectivity index is 2.29. The lowest BCUT2D eigenvalue weighted by Crippen LogP contribution is -1.88. The molecule has 84 valence electrons. The SMILES string of the molecule is Cc1nc2ccccn2c1-c1ccc(Cl)cc1. The quantitative estimate of drug-likeness (QED) is 0.631. The van der Waals surface area contributed by atoms with Gasteiger partial charge in [-0.2, -0.15) is 0 Å². The molecule has 3 aromatic rings. The van der Waals surface area contributed by atoms with E-state index in [1.54, 1.807) is 0 Å². The van der Waals surface area contributed by atoms with Crippen molar-refractivity contribution < 1.29 is 0 Å². The molecular weight excluding hydrogens is 232 g/mol. The maximum atomic E-state index is 5.91. The standard InChI is InChI=1S/C14H11ClN2/c1-10-14(11-5-7-12(15)8-6-11)17-9-3-2-4-13(17)16-10/h2-9H,1H3. The Labute approximate surface area is 104 Å². The first-order valence-corrected chi connectivity index (χ1v) is 5.83. The smallest absolute Gasteiger partial charge is 0.137 e. The van der Waals surface area contributed by atoms with Gasteiger partial charge < -0.3 is 0 Å². The molecule has 2 nitrogen and oxygen atoms in total. The molecule has 0 fully saturated rings. The van der Waals surface area contributed by atoms with E-state index in [1.807, 2.05) is 55.6 Å². The van der Waals surface area contributed by atoms with E-state index >= 15 is 0 Å². The first-order valence-electron chi connectivity index (χ1n) is 5.45. The van der Waals surface area contributed by atoms with Crippen LogP contribution in [0.25, 0.3) is 16.9 Å². The van der Waals surface area contributed by atoms with Gasteiger partial charge in [0.2, 0.25) is 0 Å². The Morgan fingerprint density at radius 1 is 1.06 bits per heavy atom. The van der Waals surface area contributed by atoms with Gasteiger partial charge >= 0.3 is 0 Å². The zero-order chi connectivity index (χ0) is 11.8. The summed E-state index contributed by atoms with van der Waals surface area (Å²) in [5.74, 6) is 0. The Kier molecular flexibility index (Phi) is 2.37. The number of rotatable bonds is 1. The van der Waals surface area contributed by atoms with Crippen LogP contribution in [0.5, 0.6) is 0 Å². The molecule has 3 heteroatoms. The third-order valence-electron chi connectivity index (χ3n) is 2.82. The third-order valence-corrected chi connectivity index (χ3v) is 3.07. The Morgan fingerprint density at radius 3 is 2.59 bits per heavy atom. The van der Waals surface area contributed by atoms with Crippen molar-refractivity contribution in [2.45, 2.75) is 6.92 Å². The van der Waals surface area contributed by atoms with Gasteiger partial charge in [-0.25, -0.2) is 4.98 Å². The van der Waals surface area contributed by atoms with Crippen molar-refractivity contribution in [1.29, 1.82) is 0 Å². The van der Waals surface area contributed by atoms with Gasteiger partial charge in [0.15, 0.2) is 0 Å². The fourth-order valence-corrected chi connectivity index (χ4v) is 2.20. The summed E-state index contributed by atoms with van der Waals surface area (Å²) in [4.78, 5) is 4.54. The summed E-state index contributed by atoms with van der Waals surface area (Å²) in [6.45, 7) is 2.02. The van der Waals surface area contributed by atoms with Crippen molar-refractivity contribution >= 4 is 17.2 Å². The van der Waals surface area contributed by atoms with Crippen molar-refractivity contribution in [2.75, 3.05) is 0 Å². The number of nitrogens with zero attached hydrogens (tertiary/aromatic N) is 2. The summed E-state index contributed by atoms with van der Waals surface area (Å²) in [5, 5.41) is 0.750. The zero-order valence-electron chi connectivity index (χ0n) is 9.39. The number of aromatic nitrogens is 2. The summed E-state index contributed by atoms with van der Waals surface area (Å²) in [6.07, 6.45) is 2.03. The van der Waals surface area contributed by atoms with Crippen molar-refractivity contribution in [3.05, 3.63) is 59.4 Å². The van der Waals surface area contributed by atoms with Crippen LogP contribution < -0.4 is 0 Å². The Hall–Kier alpha value is -1.80. The Bertz CT molecular complexity index is 668.